The molecule has 1 fully saturated rings. The number of nitrogens with one attached hydrogen (secondary N) is 1. The lowest BCUT2D eigenvalue weighted by Gasteiger charge is -2.30. The van der Waals surface area contributed by atoms with Crippen LogP contribution in [0.1, 0.15) is 33.6 Å². The summed E-state index contributed by atoms with van der Waals surface area (Å²) in [7, 11) is -2.60. The van der Waals surface area contributed by atoms with Crippen molar-refractivity contribution in [2.45, 2.75) is 23.7 Å². The van der Waals surface area contributed by atoms with Crippen molar-refractivity contribution in [3.8, 4) is 5.75 Å². The molecule has 2 heterocycles. The Kier molecular flexibility index (Phi) is 6.68. The van der Waals surface area contributed by atoms with Crippen molar-refractivity contribution >= 4 is 33.0 Å². The molecule has 3 aromatic rings. The molecular weight excluding hydrogens is 474 g/mol. The molecule has 1 aromatic heterocycles. The van der Waals surface area contributed by atoms with Crippen molar-refractivity contribution in [3.63, 3.8) is 0 Å². The van der Waals surface area contributed by atoms with Crippen LogP contribution in [-0.2, 0) is 10.0 Å². The van der Waals surface area contributed by atoms with E-state index in [0.29, 0.717) is 35.4 Å². The van der Waals surface area contributed by atoms with Gasteiger partial charge >= 0.3 is 0 Å². The molecule has 4 rings (SSSR count). The summed E-state index contributed by atoms with van der Waals surface area (Å²) in [6.45, 7) is 0.242. The number of carbonyl (C=O) groups is 1. The number of sulfonamides is 1. The summed E-state index contributed by atoms with van der Waals surface area (Å²) in [5.74, 6) is -1.63. The molecule has 0 aliphatic carbocycles. The predicted molar refractivity (Wildman–Crippen MR) is 118 cm³/mol. The van der Waals surface area contributed by atoms with Crippen molar-refractivity contribution in [2.24, 2.45) is 0 Å². The molecule has 0 radical (unpaired) electrons. The number of anilines is 1. The largest absolute Gasteiger partial charge is 0.497 e. The maximum Gasteiger partial charge on any atom is 0.286 e. The van der Waals surface area contributed by atoms with E-state index in [9.17, 15) is 22.0 Å². The Morgan fingerprint density at radius 2 is 1.82 bits per heavy atom. The van der Waals surface area contributed by atoms with Crippen LogP contribution in [0.2, 0.25) is 0 Å². The van der Waals surface area contributed by atoms with Gasteiger partial charge in [0.05, 0.1) is 7.11 Å². The Balaban J connectivity index is 1.39. The summed E-state index contributed by atoms with van der Waals surface area (Å²) in [6, 6.07) is 9.21. The number of halogens is 2. The molecule has 2 aromatic carbocycles. The van der Waals surface area contributed by atoms with Crippen molar-refractivity contribution in [1.29, 1.82) is 0 Å². The Morgan fingerprint density at radius 3 is 2.48 bits per heavy atom. The first-order valence-electron chi connectivity index (χ1n) is 10.0. The maximum atomic E-state index is 14.0. The number of amides is 1. The molecule has 0 unspecified atom stereocenters. The minimum atomic E-state index is -4.16. The van der Waals surface area contributed by atoms with Gasteiger partial charge in [0.2, 0.25) is 15.0 Å². The zero-order valence-corrected chi connectivity index (χ0v) is 19.1. The van der Waals surface area contributed by atoms with Crippen molar-refractivity contribution in [3.05, 3.63) is 64.1 Å². The topological polar surface area (TPSA) is 101 Å². The summed E-state index contributed by atoms with van der Waals surface area (Å²) in [5.41, 5.74) is 0.584. The average Bonchev–Trinajstić information content (AvgIpc) is 3.32. The first-order chi connectivity index (χ1) is 15.8. The molecule has 1 aliphatic heterocycles. The number of benzene rings is 2. The molecule has 0 bridgehead atoms. The van der Waals surface area contributed by atoms with Crippen LogP contribution in [0, 0.1) is 11.6 Å². The molecule has 0 spiro atoms. The van der Waals surface area contributed by atoms with E-state index < -0.39 is 32.5 Å². The summed E-state index contributed by atoms with van der Waals surface area (Å²) in [4.78, 5) is 11.8. The smallest absolute Gasteiger partial charge is 0.286 e. The van der Waals surface area contributed by atoms with Gasteiger partial charge < -0.3 is 10.1 Å². The second kappa shape index (κ2) is 9.49. The lowest BCUT2D eigenvalue weighted by atomic mass is 9.99. The number of carbonyl (C=O) groups excluding carboxylic acids is 1. The SMILES string of the molecule is COc1ccc(NC(=O)c2nnc(C3CCN(S(=O)(=O)c4cc(F)ccc4F)CC3)s2)cc1. The van der Waals surface area contributed by atoms with E-state index in [-0.39, 0.29) is 24.0 Å². The van der Waals surface area contributed by atoms with Gasteiger partial charge in [0.15, 0.2) is 0 Å². The van der Waals surface area contributed by atoms with E-state index in [1.165, 1.54) is 0 Å². The molecule has 1 saturated heterocycles. The van der Waals surface area contributed by atoms with Gasteiger partial charge in [0, 0.05) is 24.7 Å². The average molecular weight is 495 g/mol. The Bertz CT molecular complexity index is 1260. The zero-order chi connectivity index (χ0) is 23.6. The number of hydrogen-bond acceptors (Lipinski definition) is 7. The van der Waals surface area contributed by atoms with Crippen molar-refractivity contribution < 1.29 is 26.7 Å². The molecule has 0 saturated carbocycles. The second-order valence-corrected chi connectivity index (χ2v) is 10.3. The predicted octanol–water partition coefficient (Wildman–Crippen LogP) is 3.65. The van der Waals surface area contributed by atoms with Crippen LogP contribution in [0.3, 0.4) is 0 Å². The van der Waals surface area contributed by atoms with Gasteiger partial charge in [-0.25, -0.2) is 17.2 Å². The highest BCUT2D eigenvalue weighted by atomic mass is 32.2. The Morgan fingerprint density at radius 1 is 1.12 bits per heavy atom. The Labute approximate surface area is 193 Å². The molecule has 0 atom stereocenters. The van der Waals surface area contributed by atoms with Crippen molar-refractivity contribution in [2.75, 3.05) is 25.5 Å². The van der Waals surface area contributed by atoms with Crippen LogP contribution in [-0.4, -0.2) is 49.0 Å². The van der Waals surface area contributed by atoms with Gasteiger partial charge in [-0.2, -0.15) is 4.31 Å². The summed E-state index contributed by atoms with van der Waals surface area (Å²) in [5, 5.41) is 11.6. The summed E-state index contributed by atoms with van der Waals surface area (Å²) >= 11 is 1.15. The highest BCUT2D eigenvalue weighted by Gasteiger charge is 2.33. The fraction of sp³-hybridized carbons (Fsp3) is 0.286. The maximum absolute atomic E-state index is 14.0. The van der Waals surface area contributed by atoms with Crippen LogP contribution in [0.25, 0.3) is 0 Å². The fourth-order valence-electron chi connectivity index (χ4n) is 3.51. The van der Waals surface area contributed by atoms with E-state index in [2.05, 4.69) is 15.5 Å². The monoisotopic (exact) mass is 494 g/mol. The van der Waals surface area contributed by atoms with Gasteiger partial charge in [0.25, 0.3) is 5.91 Å². The van der Waals surface area contributed by atoms with Gasteiger partial charge in [-0.15, -0.1) is 10.2 Å². The molecule has 1 aliphatic rings. The number of hydrogen-bond donors (Lipinski definition) is 1. The highest BCUT2D eigenvalue weighted by Crippen LogP contribution is 2.33. The van der Waals surface area contributed by atoms with Crippen LogP contribution in [0.15, 0.2) is 47.4 Å². The quantitative estimate of drug-likeness (QED) is 0.562. The minimum Gasteiger partial charge on any atom is -0.497 e. The molecule has 174 valence electrons. The van der Waals surface area contributed by atoms with E-state index in [4.69, 9.17) is 4.74 Å². The molecule has 8 nitrogen and oxygen atoms in total. The second-order valence-electron chi connectivity index (χ2n) is 7.38. The Hall–Kier alpha value is -2.96. The van der Waals surface area contributed by atoms with Gasteiger partial charge in [-0.3, -0.25) is 4.79 Å². The van der Waals surface area contributed by atoms with E-state index in [0.717, 1.165) is 27.8 Å². The number of piperidine rings is 1. The minimum absolute atomic E-state index is 0.0890. The van der Waals surface area contributed by atoms with E-state index in [1.54, 1.807) is 31.4 Å². The fourth-order valence-corrected chi connectivity index (χ4v) is 5.96. The van der Waals surface area contributed by atoms with Gasteiger partial charge in [0.1, 0.15) is 27.3 Å². The van der Waals surface area contributed by atoms with Gasteiger partial charge in [-0.1, -0.05) is 11.3 Å². The molecule has 12 heteroatoms. The first kappa shape index (κ1) is 23.2. The van der Waals surface area contributed by atoms with Crippen LogP contribution in [0.5, 0.6) is 5.75 Å². The first-order valence-corrected chi connectivity index (χ1v) is 12.3. The van der Waals surface area contributed by atoms with E-state index >= 15 is 0 Å². The third kappa shape index (κ3) is 5.02. The normalized spacial score (nSPS) is 15.4. The van der Waals surface area contributed by atoms with Crippen LogP contribution >= 0.6 is 11.3 Å². The van der Waals surface area contributed by atoms with Crippen LogP contribution in [0.4, 0.5) is 14.5 Å². The lowest BCUT2D eigenvalue weighted by Crippen LogP contribution is -2.38. The lowest BCUT2D eigenvalue weighted by molar-refractivity contribution is 0.102. The molecule has 33 heavy (non-hydrogen) atoms. The standard InChI is InChI=1S/C21H20F2N4O4S2/c1-31-16-5-3-15(4-6-16)24-19(28)21-26-25-20(32-21)13-8-10-27(11-9-13)33(29,30)18-12-14(22)2-7-17(18)23/h2-7,12-13H,8-11H2,1H3,(H,24,28). The zero-order valence-electron chi connectivity index (χ0n) is 17.5. The number of rotatable bonds is 6. The molecule has 1 N–H and O–H groups in total. The van der Waals surface area contributed by atoms with Crippen LogP contribution < -0.4 is 10.1 Å². The number of aromatic nitrogens is 2. The van der Waals surface area contributed by atoms with E-state index in [1.807, 2.05) is 0 Å². The molecule has 1 amide bonds. The summed E-state index contributed by atoms with van der Waals surface area (Å²) < 4.78 is 59.2. The molecular formula is C21H20F2N4O4S2. The highest BCUT2D eigenvalue weighted by molar-refractivity contribution is 7.89. The van der Waals surface area contributed by atoms with Crippen molar-refractivity contribution in [1.82, 2.24) is 14.5 Å². The number of ether oxygens (including phenoxy) is 1. The van der Waals surface area contributed by atoms with Gasteiger partial charge in [-0.05, 0) is 55.3 Å². The number of nitrogens with zero attached hydrogens (tertiary/aromatic N) is 3. The summed E-state index contributed by atoms with van der Waals surface area (Å²) in [6.07, 6.45) is 0.843. The third-order valence-corrected chi connectivity index (χ3v) is 8.30. The number of methoxy groups -OCH3 is 1. The third-order valence-electron chi connectivity index (χ3n) is 5.30.